The molecule has 0 saturated carbocycles. The molecule has 148 valence electrons. The Hall–Kier alpha value is -2.92. The molecule has 29 heavy (non-hydrogen) atoms. The number of nitrogens with zero attached hydrogens (tertiary/aromatic N) is 4. The van der Waals surface area contributed by atoms with Crippen molar-refractivity contribution >= 4 is 16.4 Å². The third-order valence-electron chi connectivity index (χ3n) is 5.73. The summed E-state index contributed by atoms with van der Waals surface area (Å²) < 4.78 is 7.88. The van der Waals surface area contributed by atoms with E-state index in [0.29, 0.717) is 12.5 Å². The lowest BCUT2D eigenvalue weighted by Crippen LogP contribution is -2.31. The highest BCUT2D eigenvalue weighted by Crippen LogP contribution is 2.32. The summed E-state index contributed by atoms with van der Waals surface area (Å²) in [6.07, 6.45) is 8.72. The molecule has 5 rings (SSSR count). The molecule has 1 fully saturated rings. The van der Waals surface area contributed by atoms with E-state index in [1.54, 1.807) is 6.20 Å². The number of hydrogen-bond acceptors (Lipinski definition) is 4. The second kappa shape index (κ2) is 8.21. The number of rotatable bonds is 6. The summed E-state index contributed by atoms with van der Waals surface area (Å²) in [6.45, 7) is 4.23. The summed E-state index contributed by atoms with van der Waals surface area (Å²) in [5.74, 6) is 0.650. The van der Waals surface area contributed by atoms with Gasteiger partial charge in [-0.25, -0.2) is 9.50 Å². The van der Waals surface area contributed by atoms with Crippen LogP contribution in [0.5, 0.6) is 5.88 Å². The monoisotopic (exact) mass is 386 g/mol. The number of fused-ring (bicyclic) bond motifs is 2. The van der Waals surface area contributed by atoms with Crippen molar-refractivity contribution in [3.63, 3.8) is 0 Å². The Bertz CT molecular complexity index is 1110. The van der Waals surface area contributed by atoms with Crippen molar-refractivity contribution in [3.05, 3.63) is 60.9 Å². The fraction of sp³-hybridized carbons (Fsp3) is 0.333. The van der Waals surface area contributed by atoms with Crippen molar-refractivity contribution in [2.75, 3.05) is 26.2 Å². The molecule has 5 nitrogen and oxygen atoms in total. The van der Waals surface area contributed by atoms with E-state index in [9.17, 15) is 0 Å². The molecule has 0 radical (unpaired) electrons. The van der Waals surface area contributed by atoms with Crippen LogP contribution in [-0.4, -0.2) is 45.7 Å². The van der Waals surface area contributed by atoms with Crippen LogP contribution >= 0.6 is 0 Å². The van der Waals surface area contributed by atoms with Crippen LogP contribution in [0.2, 0.25) is 0 Å². The van der Waals surface area contributed by atoms with Crippen molar-refractivity contribution in [2.24, 2.45) is 0 Å². The van der Waals surface area contributed by atoms with E-state index in [-0.39, 0.29) is 0 Å². The first-order valence-corrected chi connectivity index (χ1v) is 10.6. The molecule has 2 aromatic carbocycles. The maximum Gasteiger partial charge on any atom is 0.232 e. The van der Waals surface area contributed by atoms with Gasteiger partial charge < -0.3 is 9.64 Å². The van der Waals surface area contributed by atoms with Gasteiger partial charge in [-0.3, -0.25) is 0 Å². The SMILES string of the molecule is c1ccc2c(-c3cc(OCCCN4CCCCC4)nn4ccnc34)cccc2c1. The molecule has 5 heteroatoms. The molecule has 4 aromatic rings. The molecule has 1 aliphatic heterocycles. The maximum atomic E-state index is 6.06. The van der Waals surface area contributed by atoms with Gasteiger partial charge in [0.25, 0.3) is 0 Å². The van der Waals surface area contributed by atoms with Crippen molar-refractivity contribution < 1.29 is 4.74 Å². The Morgan fingerprint density at radius 3 is 2.72 bits per heavy atom. The Balaban J connectivity index is 1.40. The van der Waals surface area contributed by atoms with Crippen LogP contribution < -0.4 is 4.74 Å². The second-order valence-electron chi connectivity index (χ2n) is 7.72. The lowest BCUT2D eigenvalue weighted by atomic mass is 9.99. The quantitative estimate of drug-likeness (QED) is 0.446. The summed E-state index contributed by atoms with van der Waals surface area (Å²) >= 11 is 0. The average Bonchev–Trinajstić information content (AvgIpc) is 3.25. The zero-order chi connectivity index (χ0) is 19.5. The molecule has 0 aliphatic carbocycles. The Labute approximate surface area is 170 Å². The van der Waals surface area contributed by atoms with Crippen LogP contribution in [0, 0.1) is 0 Å². The molecule has 0 N–H and O–H groups in total. The molecule has 1 saturated heterocycles. The van der Waals surface area contributed by atoms with Crippen LogP contribution in [0.15, 0.2) is 60.9 Å². The van der Waals surface area contributed by atoms with E-state index >= 15 is 0 Å². The molecular formula is C24H26N4O. The van der Waals surface area contributed by atoms with Crippen molar-refractivity contribution in [1.82, 2.24) is 19.5 Å². The fourth-order valence-electron chi connectivity index (χ4n) is 4.27. The van der Waals surface area contributed by atoms with Crippen LogP contribution in [-0.2, 0) is 0 Å². The van der Waals surface area contributed by atoms with Crippen LogP contribution in [0.3, 0.4) is 0 Å². The van der Waals surface area contributed by atoms with Crippen molar-refractivity contribution in [1.29, 1.82) is 0 Å². The van der Waals surface area contributed by atoms with Gasteiger partial charge in [0.1, 0.15) is 0 Å². The van der Waals surface area contributed by atoms with Gasteiger partial charge in [-0.15, -0.1) is 5.10 Å². The molecule has 3 heterocycles. The zero-order valence-corrected chi connectivity index (χ0v) is 16.6. The van der Waals surface area contributed by atoms with Gasteiger partial charge in [0.05, 0.1) is 6.61 Å². The number of aromatic nitrogens is 3. The van der Waals surface area contributed by atoms with Crippen molar-refractivity contribution in [2.45, 2.75) is 25.7 Å². The van der Waals surface area contributed by atoms with E-state index < -0.39 is 0 Å². The third kappa shape index (κ3) is 3.83. The van der Waals surface area contributed by atoms with Crippen LogP contribution in [0.4, 0.5) is 0 Å². The minimum absolute atomic E-state index is 0.650. The highest BCUT2D eigenvalue weighted by atomic mass is 16.5. The molecule has 0 unspecified atom stereocenters. The molecule has 0 spiro atoms. The summed E-state index contributed by atoms with van der Waals surface area (Å²) in [5, 5.41) is 7.03. The first kappa shape index (κ1) is 18.1. The highest BCUT2D eigenvalue weighted by Gasteiger charge is 2.13. The minimum Gasteiger partial charge on any atom is -0.477 e. The summed E-state index contributed by atoms with van der Waals surface area (Å²) in [4.78, 5) is 7.08. The number of ether oxygens (including phenoxy) is 1. The molecule has 2 aromatic heterocycles. The lowest BCUT2D eigenvalue weighted by Gasteiger charge is -2.26. The van der Waals surface area contributed by atoms with Crippen LogP contribution in [0.1, 0.15) is 25.7 Å². The first-order chi connectivity index (χ1) is 14.4. The number of piperidine rings is 1. The second-order valence-corrected chi connectivity index (χ2v) is 7.72. The molecule has 0 bridgehead atoms. The average molecular weight is 386 g/mol. The van der Waals surface area contributed by atoms with Gasteiger partial charge in [0.15, 0.2) is 5.65 Å². The highest BCUT2D eigenvalue weighted by molar-refractivity contribution is 5.99. The van der Waals surface area contributed by atoms with E-state index in [1.807, 2.05) is 16.8 Å². The third-order valence-corrected chi connectivity index (χ3v) is 5.73. The number of imidazole rings is 1. The normalized spacial score (nSPS) is 15.2. The topological polar surface area (TPSA) is 42.7 Å². The number of hydrogen-bond donors (Lipinski definition) is 0. The summed E-state index contributed by atoms with van der Waals surface area (Å²) in [6, 6.07) is 16.9. The predicted octanol–water partition coefficient (Wildman–Crippen LogP) is 4.80. The van der Waals surface area contributed by atoms with E-state index in [0.717, 1.165) is 29.7 Å². The van der Waals surface area contributed by atoms with Gasteiger partial charge in [-0.1, -0.05) is 48.9 Å². The maximum absolute atomic E-state index is 6.06. The summed E-state index contributed by atoms with van der Waals surface area (Å²) in [5.41, 5.74) is 3.05. The largest absolute Gasteiger partial charge is 0.477 e. The van der Waals surface area contributed by atoms with E-state index in [4.69, 9.17) is 4.74 Å². The molecule has 0 atom stereocenters. The van der Waals surface area contributed by atoms with Gasteiger partial charge in [-0.2, -0.15) is 0 Å². The molecule has 1 aliphatic rings. The van der Waals surface area contributed by atoms with Crippen LogP contribution in [0.25, 0.3) is 27.5 Å². The van der Waals surface area contributed by atoms with Gasteiger partial charge in [0.2, 0.25) is 5.88 Å². The fourth-order valence-corrected chi connectivity index (χ4v) is 4.27. The summed E-state index contributed by atoms with van der Waals surface area (Å²) in [7, 11) is 0. The number of likely N-dealkylation sites (tertiary alicyclic amines) is 1. The standard InChI is InChI=1S/C24H26N4O/c1-4-13-27(14-5-1)15-7-17-29-23-18-22(24-25-12-16-28(24)26-23)21-11-6-9-19-8-2-3-10-20(19)21/h2-3,6,8-12,16,18H,1,4-5,7,13-15,17H2. The number of benzene rings is 2. The Morgan fingerprint density at radius 2 is 1.79 bits per heavy atom. The van der Waals surface area contributed by atoms with Gasteiger partial charge >= 0.3 is 0 Å². The first-order valence-electron chi connectivity index (χ1n) is 10.6. The van der Waals surface area contributed by atoms with E-state index in [1.165, 1.54) is 43.1 Å². The smallest absolute Gasteiger partial charge is 0.232 e. The van der Waals surface area contributed by atoms with Gasteiger partial charge in [0, 0.05) is 30.6 Å². The zero-order valence-electron chi connectivity index (χ0n) is 16.6. The van der Waals surface area contributed by atoms with Gasteiger partial charge in [-0.05, 0) is 48.7 Å². The van der Waals surface area contributed by atoms with Crippen molar-refractivity contribution in [3.8, 4) is 17.0 Å². The Kier molecular flexibility index (Phi) is 5.13. The minimum atomic E-state index is 0.650. The molecular weight excluding hydrogens is 360 g/mol. The predicted molar refractivity (Wildman–Crippen MR) is 116 cm³/mol. The Morgan fingerprint density at radius 1 is 0.931 bits per heavy atom. The lowest BCUT2D eigenvalue weighted by molar-refractivity contribution is 0.202. The van der Waals surface area contributed by atoms with E-state index in [2.05, 4.69) is 57.4 Å². The molecule has 0 amide bonds.